The maximum Gasteiger partial charge on any atom is 0.124 e. The van der Waals surface area contributed by atoms with Gasteiger partial charge < -0.3 is 4.90 Å². The number of rotatable bonds is 3. The second-order valence-electron chi connectivity index (χ2n) is 4.36. The molecule has 94 valence electrons. The fourth-order valence-corrected chi connectivity index (χ4v) is 2.32. The Morgan fingerprint density at radius 1 is 1.29 bits per heavy atom. The van der Waals surface area contributed by atoms with Crippen LogP contribution in [0, 0.1) is 5.82 Å². The molecule has 0 aliphatic carbocycles. The Labute approximate surface area is 110 Å². The average Bonchev–Trinajstić information content (AvgIpc) is 2.30. The van der Waals surface area contributed by atoms with Crippen molar-refractivity contribution in [3.8, 4) is 0 Å². The number of hydrogen-bond acceptors (Lipinski definition) is 3. The zero-order valence-electron chi connectivity index (χ0n) is 9.92. The van der Waals surface area contributed by atoms with Gasteiger partial charge in [-0.2, -0.15) is 0 Å². The zero-order valence-corrected chi connectivity index (χ0v) is 11.5. The van der Waals surface area contributed by atoms with E-state index in [1.165, 1.54) is 12.1 Å². The van der Waals surface area contributed by atoms with Gasteiger partial charge in [0, 0.05) is 37.2 Å². The molecule has 1 saturated heterocycles. The van der Waals surface area contributed by atoms with Gasteiger partial charge in [0.25, 0.3) is 0 Å². The topological polar surface area (TPSA) is 18.5 Å². The molecule has 1 aliphatic rings. The first-order valence-corrected chi connectivity index (χ1v) is 6.55. The lowest BCUT2D eigenvalue weighted by atomic mass is 10.2. The van der Waals surface area contributed by atoms with Crippen molar-refractivity contribution in [2.75, 3.05) is 33.2 Å². The summed E-state index contributed by atoms with van der Waals surface area (Å²) >= 11 is 3.37. The van der Waals surface area contributed by atoms with Crippen LogP contribution in [0.25, 0.3) is 0 Å². The largest absolute Gasteiger partial charge is 0.304 e. The van der Waals surface area contributed by atoms with Crippen LogP contribution in [0.15, 0.2) is 22.7 Å². The molecular weight excluding hydrogens is 285 g/mol. The van der Waals surface area contributed by atoms with E-state index in [2.05, 4.69) is 38.3 Å². The van der Waals surface area contributed by atoms with Gasteiger partial charge in [0.05, 0.1) is 0 Å². The van der Waals surface area contributed by atoms with Gasteiger partial charge in [0.15, 0.2) is 0 Å². The Balaban J connectivity index is 1.85. The van der Waals surface area contributed by atoms with Gasteiger partial charge in [-0.15, -0.1) is 0 Å². The fourth-order valence-electron chi connectivity index (χ4n) is 1.83. The Kier molecular flexibility index (Phi) is 4.50. The van der Waals surface area contributed by atoms with Crippen LogP contribution < -0.4 is 5.43 Å². The molecule has 0 spiro atoms. The summed E-state index contributed by atoms with van der Waals surface area (Å²) in [4.78, 5) is 2.31. The van der Waals surface area contributed by atoms with Gasteiger partial charge >= 0.3 is 0 Å². The van der Waals surface area contributed by atoms with Gasteiger partial charge in [0.2, 0.25) is 0 Å². The van der Waals surface area contributed by atoms with E-state index in [-0.39, 0.29) is 5.82 Å². The highest BCUT2D eigenvalue weighted by Crippen LogP contribution is 2.17. The van der Waals surface area contributed by atoms with E-state index >= 15 is 0 Å². The van der Waals surface area contributed by atoms with E-state index < -0.39 is 0 Å². The van der Waals surface area contributed by atoms with Crippen molar-refractivity contribution >= 4 is 15.9 Å². The zero-order chi connectivity index (χ0) is 12.3. The normalized spacial score (nSPS) is 18.5. The summed E-state index contributed by atoms with van der Waals surface area (Å²) in [7, 11) is 2.13. The summed E-state index contributed by atoms with van der Waals surface area (Å²) in [5.41, 5.74) is 4.45. The SMILES string of the molecule is CN1CCN(NCc2ccc(F)cc2Br)CC1. The number of hydrogen-bond donors (Lipinski definition) is 1. The Bertz CT molecular complexity index is 378. The highest BCUT2D eigenvalue weighted by molar-refractivity contribution is 9.10. The first-order chi connectivity index (χ1) is 8.15. The monoisotopic (exact) mass is 301 g/mol. The minimum atomic E-state index is -0.208. The number of likely N-dealkylation sites (N-methyl/N-ethyl adjacent to an activating group) is 1. The van der Waals surface area contributed by atoms with Crippen LogP contribution in [0.4, 0.5) is 4.39 Å². The third-order valence-electron chi connectivity index (χ3n) is 3.01. The molecule has 5 heteroatoms. The number of halogens is 2. The number of piperazine rings is 1. The summed E-state index contributed by atoms with van der Waals surface area (Å²) in [6.07, 6.45) is 0. The van der Waals surface area contributed by atoms with Crippen LogP contribution >= 0.6 is 15.9 Å². The third kappa shape index (κ3) is 3.74. The molecule has 1 aliphatic heterocycles. The lowest BCUT2D eigenvalue weighted by Gasteiger charge is -2.32. The maximum atomic E-state index is 12.9. The van der Waals surface area contributed by atoms with Crippen molar-refractivity contribution in [2.45, 2.75) is 6.54 Å². The van der Waals surface area contributed by atoms with Gasteiger partial charge in [-0.05, 0) is 24.7 Å². The van der Waals surface area contributed by atoms with Crippen LogP contribution in [-0.4, -0.2) is 43.1 Å². The lowest BCUT2D eigenvalue weighted by Crippen LogP contribution is -2.50. The molecule has 0 bridgehead atoms. The predicted octanol–water partition coefficient (Wildman–Crippen LogP) is 1.84. The molecule has 17 heavy (non-hydrogen) atoms. The molecule has 1 aromatic rings. The number of nitrogens with one attached hydrogen (secondary N) is 1. The molecule has 1 heterocycles. The Hall–Kier alpha value is -0.490. The molecule has 0 unspecified atom stereocenters. The molecule has 1 N–H and O–H groups in total. The van der Waals surface area contributed by atoms with Gasteiger partial charge in [-0.3, -0.25) is 5.43 Å². The number of hydrazine groups is 1. The summed E-state index contributed by atoms with van der Waals surface area (Å²) < 4.78 is 13.7. The molecule has 1 fully saturated rings. The van der Waals surface area contributed by atoms with E-state index in [0.717, 1.165) is 42.8 Å². The fraction of sp³-hybridized carbons (Fsp3) is 0.500. The molecule has 0 radical (unpaired) electrons. The van der Waals surface area contributed by atoms with E-state index in [1.807, 2.05) is 6.07 Å². The molecule has 0 aromatic heterocycles. The summed E-state index contributed by atoms with van der Waals surface area (Å²) in [6, 6.07) is 4.80. The van der Waals surface area contributed by atoms with Crippen molar-refractivity contribution in [2.24, 2.45) is 0 Å². The Morgan fingerprint density at radius 3 is 2.65 bits per heavy atom. The minimum absolute atomic E-state index is 0.208. The van der Waals surface area contributed by atoms with E-state index in [9.17, 15) is 4.39 Å². The maximum absolute atomic E-state index is 12.9. The molecule has 3 nitrogen and oxygen atoms in total. The third-order valence-corrected chi connectivity index (χ3v) is 3.75. The van der Waals surface area contributed by atoms with Gasteiger partial charge in [0.1, 0.15) is 5.82 Å². The van der Waals surface area contributed by atoms with Gasteiger partial charge in [-0.25, -0.2) is 9.40 Å². The highest BCUT2D eigenvalue weighted by Gasteiger charge is 2.13. The van der Waals surface area contributed by atoms with Crippen molar-refractivity contribution in [3.63, 3.8) is 0 Å². The van der Waals surface area contributed by atoms with Crippen LogP contribution in [-0.2, 0) is 6.54 Å². The Morgan fingerprint density at radius 2 is 2.00 bits per heavy atom. The van der Waals surface area contributed by atoms with E-state index in [1.54, 1.807) is 0 Å². The van der Waals surface area contributed by atoms with Crippen molar-refractivity contribution < 1.29 is 4.39 Å². The molecule has 0 atom stereocenters. The smallest absolute Gasteiger partial charge is 0.124 e. The molecule has 1 aromatic carbocycles. The van der Waals surface area contributed by atoms with Crippen molar-refractivity contribution in [1.82, 2.24) is 15.3 Å². The molecule has 2 rings (SSSR count). The summed E-state index contributed by atoms with van der Waals surface area (Å²) in [5.74, 6) is -0.208. The first kappa shape index (κ1) is 13.0. The van der Waals surface area contributed by atoms with Crippen molar-refractivity contribution in [1.29, 1.82) is 0 Å². The molecule has 0 amide bonds. The minimum Gasteiger partial charge on any atom is -0.304 e. The van der Waals surface area contributed by atoms with Crippen molar-refractivity contribution in [3.05, 3.63) is 34.1 Å². The number of benzene rings is 1. The molecule has 0 saturated carbocycles. The summed E-state index contributed by atoms with van der Waals surface area (Å²) in [5, 5.41) is 2.22. The van der Waals surface area contributed by atoms with Crippen LogP contribution in [0.2, 0.25) is 0 Å². The molecular formula is C12H17BrFN3. The van der Waals surface area contributed by atoms with Gasteiger partial charge in [-0.1, -0.05) is 22.0 Å². The second kappa shape index (κ2) is 5.91. The first-order valence-electron chi connectivity index (χ1n) is 5.76. The highest BCUT2D eigenvalue weighted by atomic mass is 79.9. The standard InChI is InChI=1S/C12H17BrFN3/c1-16-4-6-17(7-5-16)15-9-10-2-3-11(14)8-12(10)13/h2-3,8,15H,4-7,9H2,1H3. The van der Waals surface area contributed by atoms with Crippen LogP contribution in [0.5, 0.6) is 0 Å². The summed E-state index contributed by atoms with van der Waals surface area (Å²) in [6.45, 7) is 4.93. The lowest BCUT2D eigenvalue weighted by molar-refractivity contribution is 0.102. The average molecular weight is 302 g/mol. The van der Waals surface area contributed by atoms with Crippen LogP contribution in [0.1, 0.15) is 5.56 Å². The van der Waals surface area contributed by atoms with Crippen LogP contribution in [0.3, 0.4) is 0 Å². The second-order valence-corrected chi connectivity index (χ2v) is 5.22. The van der Waals surface area contributed by atoms with E-state index in [4.69, 9.17) is 0 Å². The van der Waals surface area contributed by atoms with E-state index in [0.29, 0.717) is 0 Å². The number of nitrogens with zero attached hydrogens (tertiary/aromatic N) is 2. The quantitative estimate of drug-likeness (QED) is 0.919. The predicted molar refractivity (Wildman–Crippen MR) is 70.0 cm³/mol.